The largest absolute Gasteiger partial charge is 0.507 e. The van der Waals surface area contributed by atoms with Crippen LogP contribution in [0.25, 0.3) is 22.4 Å². The Bertz CT molecular complexity index is 1150. The Balaban J connectivity index is 1.64. The summed E-state index contributed by atoms with van der Waals surface area (Å²) >= 11 is 3.44. The summed E-state index contributed by atoms with van der Waals surface area (Å²) in [5, 5.41) is 13.7. The lowest BCUT2D eigenvalue weighted by atomic mass is 10.0. The van der Waals surface area contributed by atoms with Gasteiger partial charge in [-0.3, -0.25) is 0 Å². The molecule has 2 N–H and O–H groups in total. The van der Waals surface area contributed by atoms with Gasteiger partial charge in [-0.05, 0) is 60.0 Å². The average molecular weight is 467 g/mol. The molecular weight excluding hydrogens is 447 g/mol. The zero-order valence-electron chi connectivity index (χ0n) is 16.1. The lowest BCUT2D eigenvalue weighted by Gasteiger charge is -2.13. The highest BCUT2D eigenvalue weighted by Gasteiger charge is 2.11. The fourth-order valence-electron chi connectivity index (χ4n) is 3.20. The zero-order chi connectivity index (χ0) is 20.9. The summed E-state index contributed by atoms with van der Waals surface area (Å²) < 4.78 is 16.6. The molecule has 0 fully saturated rings. The van der Waals surface area contributed by atoms with Crippen molar-refractivity contribution in [1.29, 1.82) is 0 Å². The van der Waals surface area contributed by atoms with Crippen LogP contribution in [-0.4, -0.2) is 26.2 Å². The van der Waals surface area contributed by atoms with E-state index in [4.69, 9.17) is 0 Å². The summed E-state index contributed by atoms with van der Waals surface area (Å²) in [6.45, 7) is 1.55. The molecule has 2 aromatic carbocycles. The lowest BCUT2D eigenvalue weighted by Crippen LogP contribution is -2.07. The number of phenolic OH excluding ortho intramolecular Hbond substituents is 1. The van der Waals surface area contributed by atoms with Crippen molar-refractivity contribution in [2.24, 2.45) is 0 Å². The van der Waals surface area contributed by atoms with E-state index in [9.17, 15) is 9.50 Å². The van der Waals surface area contributed by atoms with Crippen LogP contribution in [0.4, 0.5) is 10.2 Å². The predicted molar refractivity (Wildman–Crippen MR) is 120 cm³/mol. The minimum atomic E-state index is -0.300. The molecule has 4 aromatic rings. The second-order valence-corrected chi connectivity index (χ2v) is 7.79. The summed E-state index contributed by atoms with van der Waals surface area (Å²) in [6, 6.07) is 15.4. The second kappa shape index (κ2) is 9.09. The number of hydrogen-bond acceptors (Lipinski definition) is 4. The van der Waals surface area contributed by atoms with Gasteiger partial charge in [0.2, 0.25) is 0 Å². The van der Waals surface area contributed by atoms with Crippen LogP contribution < -0.4 is 5.32 Å². The van der Waals surface area contributed by atoms with Gasteiger partial charge < -0.3 is 15.0 Å². The van der Waals surface area contributed by atoms with Gasteiger partial charge in [-0.25, -0.2) is 14.4 Å². The van der Waals surface area contributed by atoms with E-state index in [1.165, 1.54) is 12.1 Å². The number of aromatic hydroxyl groups is 1. The van der Waals surface area contributed by atoms with Gasteiger partial charge in [-0.2, -0.15) is 0 Å². The standard InChI is InChI=1S/C23H20BrFN4O/c24-18-5-6-22(30)20(14-18)21-12-17(16-3-1-4-19(25)11-16)13-23(28-21)27-7-2-9-29-10-8-26-15-29/h1,3-6,8,10-15,30H,2,7,9H2,(H,27,28). The number of hydrogen-bond donors (Lipinski definition) is 2. The van der Waals surface area contributed by atoms with E-state index in [0.717, 1.165) is 28.6 Å². The Morgan fingerprint density at radius 3 is 2.77 bits per heavy atom. The summed E-state index contributed by atoms with van der Waals surface area (Å²) in [6.07, 6.45) is 6.36. The molecule has 0 unspecified atom stereocenters. The lowest BCUT2D eigenvalue weighted by molar-refractivity contribution is 0.477. The third-order valence-electron chi connectivity index (χ3n) is 4.68. The topological polar surface area (TPSA) is 63.0 Å². The highest BCUT2D eigenvalue weighted by molar-refractivity contribution is 9.10. The van der Waals surface area contributed by atoms with Crippen LogP contribution in [0.2, 0.25) is 0 Å². The van der Waals surface area contributed by atoms with E-state index < -0.39 is 0 Å². The smallest absolute Gasteiger partial charge is 0.127 e. The molecule has 7 heteroatoms. The number of nitrogens with one attached hydrogen (secondary N) is 1. The van der Waals surface area contributed by atoms with Crippen molar-refractivity contribution in [1.82, 2.24) is 14.5 Å². The average Bonchev–Trinajstić information content (AvgIpc) is 3.26. The predicted octanol–water partition coefficient (Wildman–Crippen LogP) is 5.72. The first kappa shape index (κ1) is 20.1. The van der Waals surface area contributed by atoms with Gasteiger partial charge in [0.25, 0.3) is 0 Å². The first-order chi connectivity index (χ1) is 14.6. The van der Waals surface area contributed by atoms with Crippen LogP contribution in [0.15, 0.2) is 77.8 Å². The Kier molecular flexibility index (Phi) is 6.09. The van der Waals surface area contributed by atoms with Gasteiger partial charge >= 0.3 is 0 Å². The Morgan fingerprint density at radius 2 is 1.97 bits per heavy atom. The van der Waals surface area contributed by atoms with Crippen molar-refractivity contribution in [3.8, 4) is 28.1 Å². The molecule has 2 aromatic heterocycles. The molecule has 30 heavy (non-hydrogen) atoms. The van der Waals surface area contributed by atoms with Crippen molar-refractivity contribution < 1.29 is 9.50 Å². The fourth-order valence-corrected chi connectivity index (χ4v) is 3.57. The van der Waals surface area contributed by atoms with Gasteiger partial charge in [0.05, 0.1) is 12.0 Å². The van der Waals surface area contributed by atoms with Gasteiger partial charge in [0.15, 0.2) is 0 Å². The monoisotopic (exact) mass is 466 g/mol. The zero-order valence-corrected chi connectivity index (χ0v) is 17.7. The highest BCUT2D eigenvalue weighted by atomic mass is 79.9. The number of halogens is 2. The molecule has 0 radical (unpaired) electrons. The minimum absolute atomic E-state index is 0.133. The summed E-state index contributed by atoms with van der Waals surface area (Å²) in [5.41, 5.74) is 2.77. The first-order valence-electron chi connectivity index (χ1n) is 9.55. The second-order valence-electron chi connectivity index (χ2n) is 6.88. The summed E-state index contributed by atoms with van der Waals surface area (Å²) in [4.78, 5) is 8.73. The maximum Gasteiger partial charge on any atom is 0.127 e. The molecule has 0 saturated carbocycles. The number of aromatic nitrogens is 3. The Labute approximate surface area is 182 Å². The van der Waals surface area contributed by atoms with E-state index in [0.29, 0.717) is 23.6 Å². The molecular formula is C23H20BrFN4O. The Hall–Kier alpha value is -3.19. The molecule has 5 nitrogen and oxygen atoms in total. The summed E-state index contributed by atoms with van der Waals surface area (Å²) in [5.74, 6) is 0.496. The van der Waals surface area contributed by atoms with E-state index in [1.807, 2.05) is 35.0 Å². The quantitative estimate of drug-likeness (QED) is 0.341. The molecule has 0 atom stereocenters. The van der Waals surface area contributed by atoms with Gasteiger partial charge in [-0.1, -0.05) is 28.1 Å². The van der Waals surface area contributed by atoms with Crippen LogP contribution in [0, 0.1) is 5.82 Å². The molecule has 0 aliphatic carbocycles. The number of rotatable bonds is 7. The van der Waals surface area contributed by atoms with Crippen molar-refractivity contribution >= 4 is 21.7 Å². The van der Waals surface area contributed by atoms with Crippen molar-refractivity contribution in [2.45, 2.75) is 13.0 Å². The van der Waals surface area contributed by atoms with E-state index >= 15 is 0 Å². The number of nitrogens with zero attached hydrogens (tertiary/aromatic N) is 3. The maximum atomic E-state index is 13.8. The Morgan fingerprint density at radius 1 is 1.07 bits per heavy atom. The molecule has 0 spiro atoms. The van der Waals surface area contributed by atoms with Crippen LogP contribution in [0.3, 0.4) is 0 Å². The normalized spacial score (nSPS) is 10.9. The molecule has 2 heterocycles. The number of anilines is 1. The molecule has 0 amide bonds. The van der Waals surface area contributed by atoms with Crippen LogP contribution in [0.1, 0.15) is 6.42 Å². The third-order valence-corrected chi connectivity index (χ3v) is 5.17. The first-order valence-corrected chi connectivity index (χ1v) is 10.3. The fraction of sp³-hybridized carbons (Fsp3) is 0.130. The molecule has 0 saturated heterocycles. The number of benzene rings is 2. The van der Waals surface area contributed by atoms with Crippen LogP contribution in [0.5, 0.6) is 5.75 Å². The van der Waals surface area contributed by atoms with Gasteiger partial charge in [-0.15, -0.1) is 0 Å². The molecule has 0 aliphatic rings. The maximum absolute atomic E-state index is 13.8. The van der Waals surface area contributed by atoms with Crippen molar-refractivity contribution in [3.05, 3.63) is 83.6 Å². The number of pyridine rings is 1. The minimum Gasteiger partial charge on any atom is -0.507 e. The highest BCUT2D eigenvalue weighted by Crippen LogP contribution is 2.34. The molecule has 0 aliphatic heterocycles. The number of imidazole rings is 1. The SMILES string of the molecule is Oc1ccc(Br)cc1-c1cc(-c2cccc(F)c2)cc(NCCCn2ccnc2)n1. The molecule has 0 bridgehead atoms. The van der Waals surface area contributed by atoms with Gasteiger partial charge in [0, 0.05) is 35.5 Å². The molecule has 4 rings (SSSR count). The third kappa shape index (κ3) is 4.86. The van der Waals surface area contributed by atoms with Crippen LogP contribution >= 0.6 is 15.9 Å². The van der Waals surface area contributed by atoms with E-state index in [2.05, 4.69) is 31.2 Å². The summed E-state index contributed by atoms with van der Waals surface area (Å²) in [7, 11) is 0. The number of phenols is 1. The van der Waals surface area contributed by atoms with Crippen LogP contribution in [-0.2, 0) is 6.54 Å². The van der Waals surface area contributed by atoms with E-state index in [-0.39, 0.29) is 11.6 Å². The van der Waals surface area contributed by atoms with Crippen molar-refractivity contribution in [3.63, 3.8) is 0 Å². The number of aryl methyl sites for hydroxylation is 1. The van der Waals surface area contributed by atoms with Gasteiger partial charge in [0.1, 0.15) is 17.4 Å². The van der Waals surface area contributed by atoms with Crippen molar-refractivity contribution in [2.75, 3.05) is 11.9 Å². The van der Waals surface area contributed by atoms with E-state index in [1.54, 1.807) is 30.7 Å². The molecule has 152 valence electrons.